The molecule has 0 spiro atoms. The fourth-order valence-corrected chi connectivity index (χ4v) is 0.192. The van der Waals surface area contributed by atoms with Gasteiger partial charge in [-0.15, -0.1) is 0 Å². The Morgan fingerprint density at radius 3 is 2.00 bits per heavy atom. The van der Waals surface area contributed by atoms with Crippen LogP contribution in [0, 0.1) is 0 Å². The molecule has 0 aromatic rings. The van der Waals surface area contributed by atoms with E-state index in [-0.39, 0.29) is 35.7 Å². The van der Waals surface area contributed by atoms with Crippen molar-refractivity contribution in [1.29, 1.82) is 0 Å². The number of hydrogen-bond acceptors (Lipinski definition) is 1. The summed E-state index contributed by atoms with van der Waals surface area (Å²) in [6.07, 6.45) is 1.73. The Hall–Kier alpha value is 0.540. The van der Waals surface area contributed by atoms with E-state index in [0.29, 0.717) is 0 Å². The largest absolute Gasteiger partial charge is 0.499 e. The molecule has 0 saturated carbocycles. The molecule has 0 N–H and O–H groups in total. The van der Waals surface area contributed by atoms with E-state index >= 15 is 0 Å². The first-order chi connectivity index (χ1) is 2.77. The van der Waals surface area contributed by atoms with Gasteiger partial charge in [0.05, 0.1) is 12.4 Å². The van der Waals surface area contributed by atoms with Gasteiger partial charge in [0.15, 0.2) is 0 Å². The number of ether oxygens (including phenoxy) is 1. The van der Waals surface area contributed by atoms with E-state index in [1.54, 1.807) is 0 Å². The third-order valence-corrected chi connectivity index (χ3v) is 0.368. The van der Waals surface area contributed by atoms with Gasteiger partial charge in [-0.25, -0.2) is 0 Å². The average Bonchev–Trinajstić information content (AvgIpc) is 1.35. The molecule has 0 atom stereocenters. The van der Waals surface area contributed by atoms with Crippen LogP contribution in [0.3, 0.4) is 0 Å². The van der Waals surface area contributed by atoms with E-state index in [4.69, 9.17) is 4.74 Å². The maximum atomic E-state index is 4.81. The first-order valence-corrected chi connectivity index (χ1v) is 2.03. The van der Waals surface area contributed by atoms with Crippen LogP contribution in [-0.4, -0.2) is 35.7 Å². The van der Waals surface area contributed by atoms with Crippen LogP contribution in [0.5, 0.6) is 0 Å². The Kier molecular flexibility index (Phi) is 9.82. The number of rotatable bonds is 2. The summed E-state index contributed by atoms with van der Waals surface area (Å²) < 4.78 is 4.81. The van der Waals surface area contributed by atoms with Gasteiger partial charge >= 0.3 is 0 Å². The Labute approximate surface area is 67.0 Å². The van der Waals surface area contributed by atoms with E-state index in [1.807, 2.05) is 13.8 Å². The first-order valence-electron chi connectivity index (χ1n) is 2.03. The second-order valence-corrected chi connectivity index (χ2v) is 1.35. The molecule has 0 aliphatic rings. The second-order valence-electron chi connectivity index (χ2n) is 1.35. The van der Waals surface area contributed by atoms with Crippen LogP contribution in [0.2, 0.25) is 0 Å². The molecule has 0 unspecified atom stereocenters. The summed E-state index contributed by atoms with van der Waals surface area (Å²) in [6.45, 7) is 7.30. The zero-order chi connectivity index (χ0) is 4.99. The zero-order valence-electron chi connectivity index (χ0n) is 5.27. The minimum absolute atomic E-state index is 0. The van der Waals surface area contributed by atoms with E-state index < -0.39 is 0 Å². The smallest absolute Gasteiger partial charge is 0.0922 e. The molecule has 0 heterocycles. The molecule has 0 bridgehead atoms. The molecule has 0 saturated heterocycles. The molecular formula is C5H10NaO. The molecule has 37 valence electrons. The van der Waals surface area contributed by atoms with E-state index in [1.165, 1.54) is 6.26 Å². The van der Waals surface area contributed by atoms with Crippen molar-refractivity contribution in [2.45, 2.75) is 20.0 Å². The Morgan fingerprint density at radius 2 is 2.00 bits per heavy atom. The van der Waals surface area contributed by atoms with Crippen LogP contribution >= 0.6 is 0 Å². The van der Waals surface area contributed by atoms with E-state index in [2.05, 4.69) is 6.58 Å². The molecule has 2 heteroatoms. The van der Waals surface area contributed by atoms with Crippen LogP contribution in [0.15, 0.2) is 12.8 Å². The van der Waals surface area contributed by atoms with Crippen LogP contribution in [-0.2, 0) is 4.74 Å². The molecule has 1 nitrogen and oxygen atoms in total. The standard InChI is InChI=1S/C5H10O.Na/c1-4-6-5(2)3;/h4-5H,1H2,2-3H3;. The third kappa shape index (κ3) is 10.8. The van der Waals surface area contributed by atoms with Gasteiger partial charge in [-0.05, 0) is 13.8 Å². The van der Waals surface area contributed by atoms with Crippen LogP contribution in [0.4, 0.5) is 0 Å². The van der Waals surface area contributed by atoms with Gasteiger partial charge in [0.1, 0.15) is 0 Å². The van der Waals surface area contributed by atoms with E-state index in [0.717, 1.165) is 0 Å². The normalized spacial score (nSPS) is 7.29. The summed E-state index contributed by atoms with van der Waals surface area (Å²) in [5.74, 6) is 0. The SMILES string of the molecule is C=COC(C)C.[Na]. The molecule has 0 fully saturated rings. The molecule has 0 aliphatic heterocycles. The molecule has 0 aromatic heterocycles. The Morgan fingerprint density at radius 1 is 1.57 bits per heavy atom. The molecule has 0 aliphatic carbocycles. The summed E-state index contributed by atoms with van der Waals surface area (Å²) in [5, 5.41) is 0. The summed E-state index contributed by atoms with van der Waals surface area (Å²) in [4.78, 5) is 0. The minimum atomic E-state index is 0. The van der Waals surface area contributed by atoms with Crippen molar-refractivity contribution in [3.8, 4) is 0 Å². The van der Waals surface area contributed by atoms with Gasteiger partial charge < -0.3 is 4.74 Å². The molecule has 0 amide bonds. The van der Waals surface area contributed by atoms with Gasteiger partial charge in [-0.1, -0.05) is 6.58 Å². The maximum Gasteiger partial charge on any atom is 0.0922 e. The number of hydrogen-bond donors (Lipinski definition) is 0. The van der Waals surface area contributed by atoms with Gasteiger partial charge in [0, 0.05) is 29.6 Å². The van der Waals surface area contributed by atoms with Crippen molar-refractivity contribution in [2.24, 2.45) is 0 Å². The topological polar surface area (TPSA) is 9.23 Å². The fourth-order valence-electron chi connectivity index (χ4n) is 0.192. The summed E-state index contributed by atoms with van der Waals surface area (Å²) in [5.41, 5.74) is 0. The molecular weight excluding hydrogens is 99.0 g/mol. The molecule has 1 radical (unpaired) electrons. The van der Waals surface area contributed by atoms with Crippen LogP contribution in [0.1, 0.15) is 13.8 Å². The Bertz CT molecular complexity index is 43.3. The maximum absolute atomic E-state index is 4.81. The zero-order valence-corrected chi connectivity index (χ0v) is 7.27. The van der Waals surface area contributed by atoms with E-state index in [9.17, 15) is 0 Å². The van der Waals surface area contributed by atoms with Crippen LogP contribution in [0.25, 0.3) is 0 Å². The minimum Gasteiger partial charge on any atom is -0.499 e. The average molecular weight is 109 g/mol. The van der Waals surface area contributed by atoms with Crippen molar-refractivity contribution in [3.63, 3.8) is 0 Å². The van der Waals surface area contributed by atoms with Gasteiger partial charge in [0.2, 0.25) is 0 Å². The first kappa shape index (κ1) is 10.5. The van der Waals surface area contributed by atoms with Crippen molar-refractivity contribution >= 4 is 29.6 Å². The third-order valence-electron chi connectivity index (χ3n) is 0.368. The second kappa shape index (κ2) is 6.54. The van der Waals surface area contributed by atoms with Crippen molar-refractivity contribution in [2.75, 3.05) is 0 Å². The van der Waals surface area contributed by atoms with Gasteiger partial charge in [0.25, 0.3) is 0 Å². The molecule has 7 heavy (non-hydrogen) atoms. The predicted octanol–water partition coefficient (Wildman–Crippen LogP) is 1.17. The quantitative estimate of drug-likeness (QED) is 0.382. The van der Waals surface area contributed by atoms with Crippen molar-refractivity contribution in [3.05, 3.63) is 12.8 Å². The van der Waals surface area contributed by atoms with Gasteiger partial charge in [-0.2, -0.15) is 0 Å². The Balaban J connectivity index is 0. The fraction of sp³-hybridized carbons (Fsp3) is 0.600. The van der Waals surface area contributed by atoms with Crippen molar-refractivity contribution in [1.82, 2.24) is 0 Å². The summed E-state index contributed by atoms with van der Waals surface area (Å²) in [7, 11) is 0. The summed E-state index contributed by atoms with van der Waals surface area (Å²) in [6, 6.07) is 0. The molecule has 0 rings (SSSR count). The molecule has 0 aromatic carbocycles. The summed E-state index contributed by atoms with van der Waals surface area (Å²) >= 11 is 0. The van der Waals surface area contributed by atoms with Gasteiger partial charge in [-0.3, -0.25) is 0 Å². The monoisotopic (exact) mass is 109 g/mol. The van der Waals surface area contributed by atoms with Crippen LogP contribution < -0.4 is 0 Å². The van der Waals surface area contributed by atoms with Crippen molar-refractivity contribution < 1.29 is 4.74 Å². The predicted molar refractivity (Wildman–Crippen MR) is 32.2 cm³/mol.